The van der Waals surface area contributed by atoms with Gasteiger partial charge in [0.15, 0.2) is 0 Å². The first-order chi connectivity index (χ1) is 8.74. The van der Waals surface area contributed by atoms with Crippen LogP contribution in [-0.4, -0.2) is 19.5 Å². The Morgan fingerprint density at radius 2 is 2.17 bits per heavy atom. The minimum absolute atomic E-state index is 0.488. The Hall–Kier alpha value is -1.95. The lowest BCUT2D eigenvalue weighted by Crippen LogP contribution is -2.05. The molecule has 90 valence electrons. The molecule has 3 rings (SSSR count). The Morgan fingerprint density at radius 3 is 2.94 bits per heavy atom. The summed E-state index contributed by atoms with van der Waals surface area (Å²) in [5.74, 6) is 0.488. The third kappa shape index (κ3) is 1.95. The van der Waals surface area contributed by atoms with Crippen LogP contribution in [0.3, 0.4) is 0 Å². The molecule has 0 atom stereocenters. The maximum atomic E-state index is 5.94. The van der Waals surface area contributed by atoms with Gasteiger partial charge in [0.05, 0.1) is 23.3 Å². The fourth-order valence-electron chi connectivity index (χ4n) is 1.86. The van der Waals surface area contributed by atoms with Crippen molar-refractivity contribution in [2.75, 3.05) is 5.73 Å². The molecule has 5 nitrogen and oxygen atoms in total. The third-order valence-electron chi connectivity index (χ3n) is 2.70. The van der Waals surface area contributed by atoms with E-state index in [1.807, 2.05) is 28.8 Å². The van der Waals surface area contributed by atoms with E-state index in [0.29, 0.717) is 12.5 Å². The molecule has 1 aromatic carbocycles. The summed E-state index contributed by atoms with van der Waals surface area (Å²) >= 11 is 3.42. The van der Waals surface area contributed by atoms with Crippen LogP contribution in [-0.2, 0) is 6.54 Å². The van der Waals surface area contributed by atoms with Crippen molar-refractivity contribution in [1.82, 2.24) is 19.5 Å². The Bertz CT molecular complexity index is 692. The van der Waals surface area contributed by atoms with E-state index < -0.39 is 0 Å². The highest BCUT2D eigenvalue weighted by atomic mass is 79.9. The molecule has 0 saturated carbocycles. The minimum Gasteiger partial charge on any atom is -0.369 e. The van der Waals surface area contributed by atoms with Crippen molar-refractivity contribution in [2.24, 2.45) is 0 Å². The van der Waals surface area contributed by atoms with Crippen LogP contribution in [0.4, 0.5) is 5.95 Å². The molecular formula is C12H10BrN5. The van der Waals surface area contributed by atoms with Crippen molar-refractivity contribution in [3.8, 4) is 0 Å². The molecule has 0 unspecified atom stereocenters. The van der Waals surface area contributed by atoms with E-state index in [9.17, 15) is 0 Å². The van der Waals surface area contributed by atoms with Crippen molar-refractivity contribution >= 4 is 32.9 Å². The van der Waals surface area contributed by atoms with Crippen LogP contribution in [0.1, 0.15) is 5.69 Å². The number of nitrogen functional groups attached to an aromatic ring is 1. The number of benzene rings is 1. The lowest BCUT2D eigenvalue weighted by molar-refractivity contribution is 0.803. The van der Waals surface area contributed by atoms with Gasteiger partial charge in [-0.3, -0.25) is 0 Å². The molecule has 0 saturated heterocycles. The molecule has 2 aromatic heterocycles. The summed E-state index contributed by atoms with van der Waals surface area (Å²) in [7, 11) is 0. The van der Waals surface area contributed by atoms with Crippen LogP contribution in [0.2, 0.25) is 0 Å². The summed E-state index contributed by atoms with van der Waals surface area (Å²) in [6.45, 7) is 0.590. The van der Waals surface area contributed by atoms with E-state index in [0.717, 1.165) is 21.2 Å². The molecule has 2 N–H and O–H groups in total. The Morgan fingerprint density at radius 1 is 1.28 bits per heavy atom. The van der Waals surface area contributed by atoms with Gasteiger partial charge in [-0.1, -0.05) is 15.9 Å². The number of fused-ring (bicyclic) bond motifs is 1. The fourth-order valence-corrected chi connectivity index (χ4v) is 2.21. The quantitative estimate of drug-likeness (QED) is 0.788. The summed E-state index contributed by atoms with van der Waals surface area (Å²) in [5.41, 5.74) is 8.71. The number of nitrogens with zero attached hydrogens (tertiary/aromatic N) is 4. The number of hydrogen-bond donors (Lipinski definition) is 1. The number of halogens is 1. The molecule has 18 heavy (non-hydrogen) atoms. The molecule has 0 radical (unpaired) electrons. The topological polar surface area (TPSA) is 69.6 Å². The van der Waals surface area contributed by atoms with Crippen LogP contribution in [0.5, 0.6) is 0 Å². The molecule has 0 spiro atoms. The van der Waals surface area contributed by atoms with Gasteiger partial charge >= 0.3 is 0 Å². The summed E-state index contributed by atoms with van der Waals surface area (Å²) in [5, 5.41) is 0. The first kappa shape index (κ1) is 11.2. The second kappa shape index (κ2) is 4.38. The second-order valence-corrected chi connectivity index (χ2v) is 4.81. The number of nitrogens with two attached hydrogens (primary N) is 1. The van der Waals surface area contributed by atoms with Gasteiger partial charge in [-0.2, -0.15) is 0 Å². The summed E-state index contributed by atoms with van der Waals surface area (Å²) < 4.78 is 2.92. The number of aromatic nitrogens is 4. The van der Waals surface area contributed by atoms with Crippen LogP contribution in [0.15, 0.2) is 41.3 Å². The van der Waals surface area contributed by atoms with E-state index in [4.69, 9.17) is 5.73 Å². The normalized spacial score (nSPS) is 10.9. The van der Waals surface area contributed by atoms with Gasteiger partial charge in [-0.05, 0) is 24.3 Å². The standard InChI is InChI=1S/C12H10BrN5/c13-8-1-2-11-10(5-8)17-12(14)18(11)6-9-3-4-15-7-16-9/h1-5,7H,6H2,(H2,14,17). The van der Waals surface area contributed by atoms with Gasteiger partial charge in [-0.15, -0.1) is 0 Å². The molecule has 6 heteroatoms. The van der Waals surface area contributed by atoms with E-state index in [1.165, 1.54) is 6.33 Å². The van der Waals surface area contributed by atoms with Gasteiger partial charge < -0.3 is 10.3 Å². The van der Waals surface area contributed by atoms with Gasteiger partial charge in [0, 0.05) is 10.7 Å². The zero-order valence-corrected chi connectivity index (χ0v) is 11.0. The summed E-state index contributed by atoms with van der Waals surface area (Å²) in [4.78, 5) is 12.4. The van der Waals surface area contributed by atoms with E-state index in [-0.39, 0.29) is 0 Å². The van der Waals surface area contributed by atoms with E-state index >= 15 is 0 Å². The highest BCUT2D eigenvalue weighted by Gasteiger charge is 2.09. The first-order valence-corrected chi connectivity index (χ1v) is 6.19. The fraction of sp³-hybridized carbons (Fsp3) is 0.0833. The lowest BCUT2D eigenvalue weighted by atomic mass is 10.3. The molecule has 0 bridgehead atoms. The molecule has 0 aliphatic carbocycles. The van der Waals surface area contributed by atoms with Crippen molar-refractivity contribution in [1.29, 1.82) is 0 Å². The van der Waals surface area contributed by atoms with Gasteiger partial charge in [0.1, 0.15) is 6.33 Å². The zero-order chi connectivity index (χ0) is 12.5. The average molecular weight is 304 g/mol. The number of hydrogen-bond acceptors (Lipinski definition) is 4. The van der Waals surface area contributed by atoms with Gasteiger partial charge in [-0.25, -0.2) is 15.0 Å². The van der Waals surface area contributed by atoms with Gasteiger partial charge in [0.25, 0.3) is 0 Å². The van der Waals surface area contributed by atoms with Crippen LogP contribution in [0.25, 0.3) is 11.0 Å². The van der Waals surface area contributed by atoms with E-state index in [2.05, 4.69) is 30.9 Å². The maximum Gasteiger partial charge on any atom is 0.201 e. The molecule has 0 aliphatic rings. The SMILES string of the molecule is Nc1nc2cc(Br)ccc2n1Cc1ccncn1. The van der Waals surface area contributed by atoms with E-state index in [1.54, 1.807) is 6.20 Å². The summed E-state index contributed by atoms with van der Waals surface area (Å²) in [6, 6.07) is 7.77. The maximum absolute atomic E-state index is 5.94. The molecule has 0 fully saturated rings. The Balaban J connectivity index is 2.09. The minimum atomic E-state index is 0.488. The molecule has 3 aromatic rings. The number of rotatable bonds is 2. The smallest absolute Gasteiger partial charge is 0.201 e. The van der Waals surface area contributed by atoms with Crippen molar-refractivity contribution < 1.29 is 0 Å². The molecule has 0 amide bonds. The van der Waals surface area contributed by atoms with Crippen LogP contribution >= 0.6 is 15.9 Å². The largest absolute Gasteiger partial charge is 0.369 e. The Labute approximate surface area is 112 Å². The number of anilines is 1. The predicted octanol–water partition coefficient (Wildman–Crippen LogP) is 2.22. The third-order valence-corrected chi connectivity index (χ3v) is 3.20. The lowest BCUT2D eigenvalue weighted by Gasteiger charge is -2.05. The van der Waals surface area contributed by atoms with Crippen LogP contribution in [0, 0.1) is 0 Å². The predicted molar refractivity (Wildman–Crippen MR) is 73.0 cm³/mol. The monoisotopic (exact) mass is 303 g/mol. The average Bonchev–Trinajstić information content (AvgIpc) is 2.66. The highest BCUT2D eigenvalue weighted by molar-refractivity contribution is 9.10. The zero-order valence-electron chi connectivity index (χ0n) is 9.42. The van der Waals surface area contributed by atoms with Crippen molar-refractivity contribution in [3.63, 3.8) is 0 Å². The highest BCUT2D eigenvalue weighted by Crippen LogP contribution is 2.22. The van der Waals surface area contributed by atoms with Crippen molar-refractivity contribution in [2.45, 2.75) is 6.54 Å². The summed E-state index contributed by atoms with van der Waals surface area (Å²) in [6.07, 6.45) is 3.25. The molecule has 0 aliphatic heterocycles. The van der Waals surface area contributed by atoms with Crippen molar-refractivity contribution in [3.05, 3.63) is 47.0 Å². The Kier molecular flexibility index (Phi) is 2.71. The molecule has 2 heterocycles. The first-order valence-electron chi connectivity index (χ1n) is 5.40. The van der Waals surface area contributed by atoms with Gasteiger partial charge in [0.2, 0.25) is 5.95 Å². The number of imidazole rings is 1. The van der Waals surface area contributed by atoms with Crippen LogP contribution < -0.4 is 5.73 Å². The molecular weight excluding hydrogens is 294 g/mol. The second-order valence-electron chi connectivity index (χ2n) is 3.89.